The molecule has 2 aromatic carbocycles. The zero-order chi connectivity index (χ0) is 20.0. The highest BCUT2D eigenvalue weighted by molar-refractivity contribution is 5.87. The topological polar surface area (TPSA) is 104 Å². The number of carboxylic acid groups (broad SMARTS) is 1. The van der Waals surface area contributed by atoms with Crippen molar-refractivity contribution in [2.75, 3.05) is 25.5 Å². The molecule has 0 aromatic heterocycles. The van der Waals surface area contributed by atoms with Crippen molar-refractivity contribution in [3.63, 3.8) is 0 Å². The Morgan fingerprint density at radius 1 is 1.07 bits per heavy atom. The first kappa shape index (κ1) is 19.9. The maximum absolute atomic E-state index is 12.6. The average Bonchev–Trinajstić information content (AvgIpc) is 2.66. The Balaban J connectivity index is 2.13. The predicted molar refractivity (Wildman–Crippen MR) is 101 cm³/mol. The SMILES string of the molecule is CN(CC(=O)N(C)C(Cc1ccccc1)C(=O)O)c1ccccc1[N+](=O)[O-]. The molecule has 2 rings (SSSR count). The number of aliphatic carboxylic acids is 1. The summed E-state index contributed by atoms with van der Waals surface area (Å²) in [5, 5.41) is 20.7. The van der Waals surface area contributed by atoms with E-state index in [1.165, 1.54) is 22.9 Å². The molecule has 0 saturated heterocycles. The lowest BCUT2D eigenvalue weighted by molar-refractivity contribution is -0.384. The molecule has 1 N–H and O–H groups in total. The minimum Gasteiger partial charge on any atom is -0.480 e. The molecule has 1 unspecified atom stereocenters. The molecule has 0 aliphatic carbocycles. The van der Waals surface area contributed by atoms with Crippen molar-refractivity contribution in [3.8, 4) is 0 Å². The first-order chi connectivity index (χ1) is 12.8. The molecule has 0 aliphatic heterocycles. The number of amides is 1. The first-order valence-electron chi connectivity index (χ1n) is 8.28. The fourth-order valence-electron chi connectivity index (χ4n) is 2.74. The third-order valence-electron chi connectivity index (χ3n) is 4.28. The number of carbonyl (C=O) groups excluding carboxylic acids is 1. The Morgan fingerprint density at radius 2 is 1.67 bits per heavy atom. The van der Waals surface area contributed by atoms with Crippen LogP contribution in [0, 0.1) is 10.1 Å². The van der Waals surface area contributed by atoms with Crippen LogP contribution in [0.5, 0.6) is 0 Å². The maximum Gasteiger partial charge on any atom is 0.326 e. The van der Waals surface area contributed by atoms with Gasteiger partial charge < -0.3 is 14.9 Å². The van der Waals surface area contributed by atoms with Crippen molar-refractivity contribution >= 4 is 23.3 Å². The molecule has 8 heteroatoms. The number of benzene rings is 2. The Hall–Kier alpha value is -3.42. The Morgan fingerprint density at radius 3 is 2.26 bits per heavy atom. The highest BCUT2D eigenvalue weighted by Crippen LogP contribution is 2.26. The van der Waals surface area contributed by atoms with Crippen LogP contribution in [0.4, 0.5) is 11.4 Å². The number of nitro groups is 1. The fourth-order valence-corrected chi connectivity index (χ4v) is 2.74. The van der Waals surface area contributed by atoms with E-state index >= 15 is 0 Å². The van der Waals surface area contributed by atoms with Crippen LogP contribution in [-0.4, -0.2) is 53.5 Å². The smallest absolute Gasteiger partial charge is 0.326 e. The number of nitrogens with zero attached hydrogens (tertiary/aromatic N) is 3. The number of carbonyl (C=O) groups is 2. The van der Waals surface area contributed by atoms with Gasteiger partial charge in [-0.2, -0.15) is 0 Å². The maximum atomic E-state index is 12.6. The standard InChI is InChI=1S/C19H21N3O5/c1-20(15-10-6-7-11-16(15)22(26)27)13-18(23)21(2)17(19(24)25)12-14-8-4-3-5-9-14/h3-11,17H,12-13H2,1-2H3,(H,24,25). The molecule has 142 valence electrons. The van der Waals surface area contributed by atoms with Gasteiger partial charge in [0.2, 0.25) is 5.91 Å². The van der Waals surface area contributed by atoms with Gasteiger partial charge in [-0.05, 0) is 11.6 Å². The van der Waals surface area contributed by atoms with Crippen LogP contribution in [0.1, 0.15) is 5.56 Å². The van der Waals surface area contributed by atoms with E-state index in [1.807, 2.05) is 6.07 Å². The van der Waals surface area contributed by atoms with E-state index in [9.17, 15) is 24.8 Å². The molecule has 0 saturated carbocycles. The molecule has 1 amide bonds. The molecule has 27 heavy (non-hydrogen) atoms. The third-order valence-corrected chi connectivity index (χ3v) is 4.28. The monoisotopic (exact) mass is 371 g/mol. The second kappa shape index (κ2) is 8.79. The molecular formula is C19H21N3O5. The Labute approximate surface area is 156 Å². The third kappa shape index (κ3) is 5.04. The van der Waals surface area contributed by atoms with Crippen LogP contribution in [-0.2, 0) is 16.0 Å². The normalized spacial score (nSPS) is 11.5. The highest BCUT2D eigenvalue weighted by Gasteiger charge is 2.28. The summed E-state index contributed by atoms with van der Waals surface area (Å²) in [6, 6.07) is 14.1. The van der Waals surface area contributed by atoms with Crippen LogP contribution in [0.15, 0.2) is 54.6 Å². The number of nitro benzene ring substituents is 1. The van der Waals surface area contributed by atoms with Crippen molar-refractivity contribution in [2.24, 2.45) is 0 Å². The molecule has 2 aromatic rings. The number of hydrogen-bond acceptors (Lipinski definition) is 5. The van der Waals surface area contributed by atoms with Crippen LogP contribution < -0.4 is 4.90 Å². The van der Waals surface area contributed by atoms with Crippen molar-refractivity contribution in [1.82, 2.24) is 4.90 Å². The molecule has 0 fully saturated rings. The second-order valence-electron chi connectivity index (χ2n) is 6.15. The minimum absolute atomic E-state index is 0.116. The van der Waals surface area contributed by atoms with Gasteiger partial charge in [-0.1, -0.05) is 42.5 Å². The van der Waals surface area contributed by atoms with Gasteiger partial charge in [-0.15, -0.1) is 0 Å². The molecule has 0 spiro atoms. The van der Waals surface area contributed by atoms with E-state index in [4.69, 9.17) is 0 Å². The summed E-state index contributed by atoms with van der Waals surface area (Å²) >= 11 is 0. The summed E-state index contributed by atoms with van der Waals surface area (Å²) in [6.45, 7) is -0.181. The zero-order valence-electron chi connectivity index (χ0n) is 15.1. The largest absolute Gasteiger partial charge is 0.480 e. The van der Waals surface area contributed by atoms with E-state index in [0.717, 1.165) is 5.56 Å². The van der Waals surface area contributed by atoms with Crippen LogP contribution in [0.2, 0.25) is 0 Å². The molecule has 1 atom stereocenters. The predicted octanol–water partition coefficient (Wildman–Crippen LogP) is 2.19. The van der Waals surface area contributed by atoms with Gasteiger partial charge in [-0.25, -0.2) is 4.79 Å². The molecule has 8 nitrogen and oxygen atoms in total. The number of hydrogen-bond donors (Lipinski definition) is 1. The lowest BCUT2D eigenvalue weighted by Gasteiger charge is -2.27. The van der Waals surface area contributed by atoms with Crippen molar-refractivity contribution in [2.45, 2.75) is 12.5 Å². The zero-order valence-corrected chi connectivity index (χ0v) is 15.1. The highest BCUT2D eigenvalue weighted by atomic mass is 16.6. The lowest BCUT2D eigenvalue weighted by atomic mass is 10.0. The van der Waals surface area contributed by atoms with Crippen LogP contribution in [0.25, 0.3) is 0 Å². The van der Waals surface area contributed by atoms with Gasteiger partial charge in [0.25, 0.3) is 5.69 Å². The van der Waals surface area contributed by atoms with Gasteiger partial charge in [0.15, 0.2) is 0 Å². The Bertz CT molecular complexity index is 825. The quantitative estimate of drug-likeness (QED) is 0.563. The molecule has 0 radical (unpaired) electrons. The van der Waals surface area contributed by atoms with Crippen molar-refractivity contribution in [1.29, 1.82) is 0 Å². The molecule has 0 heterocycles. The number of carboxylic acids is 1. The van der Waals surface area contributed by atoms with Crippen LogP contribution in [0.3, 0.4) is 0 Å². The van der Waals surface area contributed by atoms with E-state index in [-0.39, 0.29) is 18.7 Å². The van der Waals surface area contributed by atoms with Crippen molar-refractivity contribution in [3.05, 3.63) is 70.3 Å². The minimum atomic E-state index is -1.11. The number of likely N-dealkylation sites (N-methyl/N-ethyl adjacent to an activating group) is 2. The van der Waals surface area contributed by atoms with E-state index in [0.29, 0.717) is 5.69 Å². The van der Waals surface area contributed by atoms with E-state index < -0.39 is 22.8 Å². The summed E-state index contributed by atoms with van der Waals surface area (Å²) in [7, 11) is 2.98. The van der Waals surface area contributed by atoms with Gasteiger partial charge in [0.1, 0.15) is 11.7 Å². The summed E-state index contributed by atoms with van der Waals surface area (Å²) in [6.07, 6.45) is 0.174. The summed E-state index contributed by atoms with van der Waals surface area (Å²) in [4.78, 5) is 37.5. The lowest BCUT2D eigenvalue weighted by Crippen LogP contribution is -2.47. The summed E-state index contributed by atoms with van der Waals surface area (Å²) in [5.41, 5.74) is 0.977. The number of rotatable bonds is 8. The van der Waals surface area contributed by atoms with Gasteiger partial charge in [0, 0.05) is 26.6 Å². The van der Waals surface area contributed by atoms with Gasteiger partial charge in [0.05, 0.1) is 11.5 Å². The summed E-state index contributed by atoms with van der Waals surface area (Å²) < 4.78 is 0. The Kier molecular flexibility index (Phi) is 6.48. The first-order valence-corrected chi connectivity index (χ1v) is 8.28. The van der Waals surface area contributed by atoms with Gasteiger partial charge in [-0.3, -0.25) is 14.9 Å². The second-order valence-corrected chi connectivity index (χ2v) is 6.15. The van der Waals surface area contributed by atoms with Crippen LogP contribution >= 0.6 is 0 Å². The van der Waals surface area contributed by atoms with E-state index in [2.05, 4.69) is 0 Å². The van der Waals surface area contributed by atoms with Crippen molar-refractivity contribution < 1.29 is 19.6 Å². The fraction of sp³-hybridized carbons (Fsp3) is 0.263. The molecule has 0 aliphatic rings. The number of anilines is 1. The average molecular weight is 371 g/mol. The summed E-state index contributed by atoms with van der Waals surface area (Å²) in [5.74, 6) is -1.55. The molecular weight excluding hydrogens is 350 g/mol. The number of para-hydroxylation sites is 2. The van der Waals surface area contributed by atoms with E-state index in [1.54, 1.807) is 49.5 Å². The van der Waals surface area contributed by atoms with Gasteiger partial charge >= 0.3 is 5.97 Å². The molecule has 0 bridgehead atoms.